The maximum absolute atomic E-state index is 13.8. The van der Waals surface area contributed by atoms with E-state index in [-0.39, 0.29) is 22.9 Å². The van der Waals surface area contributed by atoms with Crippen LogP contribution in [0.2, 0.25) is 0 Å². The van der Waals surface area contributed by atoms with Gasteiger partial charge >= 0.3 is 6.18 Å². The number of rotatable bonds is 6. The van der Waals surface area contributed by atoms with Crippen LogP contribution in [0.25, 0.3) is 0 Å². The van der Waals surface area contributed by atoms with E-state index in [9.17, 15) is 31.1 Å². The van der Waals surface area contributed by atoms with Crippen molar-refractivity contribution >= 4 is 27.0 Å². The SMILES string of the molecule is C[C@@](O)(c1ccc(N2CCN(S(=O)(=O)c3cccs3)C[C@@H]2Cc2cccc(F)c2)cc1)C(F)(F)F. The summed E-state index contributed by atoms with van der Waals surface area (Å²) in [6.07, 6.45) is -4.51. The summed E-state index contributed by atoms with van der Waals surface area (Å²) in [4.78, 5) is 1.91. The third-order valence-electron chi connectivity index (χ3n) is 6.21. The second-order valence-electron chi connectivity index (χ2n) is 8.59. The summed E-state index contributed by atoms with van der Waals surface area (Å²) in [7, 11) is -3.71. The number of hydrogen-bond donors (Lipinski definition) is 1. The lowest BCUT2D eigenvalue weighted by Gasteiger charge is -2.42. The molecule has 4 rings (SSSR count). The Morgan fingerprint density at radius 3 is 2.37 bits per heavy atom. The second-order valence-corrected chi connectivity index (χ2v) is 11.7. The molecule has 0 radical (unpaired) electrons. The topological polar surface area (TPSA) is 60.9 Å². The lowest BCUT2D eigenvalue weighted by Crippen LogP contribution is -2.55. The zero-order valence-electron chi connectivity index (χ0n) is 18.7. The average molecular weight is 529 g/mol. The van der Waals surface area contributed by atoms with Gasteiger partial charge in [0.05, 0.1) is 0 Å². The van der Waals surface area contributed by atoms with Crippen LogP contribution in [0.5, 0.6) is 0 Å². The van der Waals surface area contributed by atoms with Crippen LogP contribution in [0.1, 0.15) is 18.1 Å². The molecule has 1 aliphatic rings. The van der Waals surface area contributed by atoms with E-state index in [0.717, 1.165) is 11.3 Å². The van der Waals surface area contributed by atoms with Gasteiger partial charge in [-0.15, -0.1) is 11.3 Å². The maximum Gasteiger partial charge on any atom is 0.421 e. The van der Waals surface area contributed by atoms with Crippen molar-refractivity contribution < 1.29 is 31.1 Å². The van der Waals surface area contributed by atoms with Crippen LogP contribution in [-0.4, -0.2) is 49.7 Å². The van der Waals surface area contributed by atoms with Crippen molar-refractivity contribution in [1.82, 2.24) is 4.31 Å². The van der Waals surface area contributed by atoms with Crippen molar-refractivity contribution in [3.8, 4) is 0 Å². The molecule has 0 bridgehead atoms. The Morgan fingerprint density at radius 2 is 1.77 bits per heavy atom. The van der Waals surface area contributed by atoms with Crippen LogP contribution in [0.4, 0.5) is 23.2 Å². The number of anilines is 1. The molecule has 5 nitrogen and oxygen atoms in total. The molecule has 188 valence electrons. The van der Waals surface area contributed by atoms with E-state index < -0.39 is 33.7 Å². The fraction of sp³-hybridized carbons (Fsp3) is 0.333. The zero-order valence-corrected chi connectivity index (χ0v) is 20.4. The maximum atomic E-state index is 13.8. The number of benzene rings is 2. The summed E-state index contributed by atoms with van der Waals surface area (Å²) in [6.45, 7) is 1.29. The number of nitrogens with zero attached hydrogens (tertiary/aromatic N) is 2. The highest BCUT2D eigenvalue weighted by Gasteiger charge is 2.51. The number of piperazine rings is 1. The first-order valence-electron chi connectivity index (χ1n) is 10.8. The van der Waals surface area contributed by atoms with E-state index in [2.05, 4.69) is 0 Å². The number of aliphatic hydroxyl groups is 1. The fourth-order valence-electron chi connectivity index (χ4n) is 4.17. The number of hydrogen-bond acceptors (Lipinski definition) is 5. The Balaban J connectivity index is 1.64. The van der Waals surface area contributed by atoms with E-state index in [1.54, 1.807) is 29.6 Å². The molecule has 0 aliphatic carbocycles. The summed E-state index contributed by atoms with van der Waals surface area (Å²) in [5.41, 5.74) is -2.04. The first-order chi connectivity index (χ1) is 16.4. The van der Waals surface area contributed by atoms with E-state index in [1.165, 1.54) is 40.7 Å². The number of sulfonamides is 1. The van der Waals surface area contributed by atoms with Crippen molar-refractivity contribution in [2.24, 2.45) is 0 Å². The van der Waals surface area contributed by atoms with Crippen LogP contribution >= 0.6 is 11.3 Å². The monoisotopic (exact) mass is 528 g/mol. The minimum Gasteiger partial charge on any atom is -0.376 e. The number of alkyl halides is 3. The van der Waals surface area contributed by atoms with Gasteiger partial charge < -0.3 is 10.0 Å². The van der Waals surface area contributed by atoms with Crippen molar-refractivity contribution in [3.05, 3.63) is 83.0 Å². The highest BCUT2D eigenvalue weighted by Crippen LogP contribution is 2.39. The van der Waals surface area contributed by atoms with Gasteiger partial charge in [-0.25, -0.2) is 12.8 Å². The van der Waals surface area contributed by atoms with Gasteiger partial charge in [0.15, 0.2) is 5.60 Å². The Morgan fingerprint density at radius 1 is 1.06 bits per heavy atom. The molecule has 0 saturated carbocycles. The summed E-state index contributed by atoms with van der Waals surface area (Å²) in [6, 6.07) is 14.2. The molecule has 1 aliphatic heterocycles. The van der Waals surface area contributed by atoms with E-state index in [0.29, 0.717) is 31.1 Å². The van der Waals surface area contributed by atoms with E-state index in [1.807, 2.05) is 4.90 Å². The molecule has 0 spiro atoms. The third kappa shape index (κ3) is 5.23. The largest absolute Gasteiger partial charge is 0.421 e. The molecule has 0 amide bonds. The van der Waals surface area contributed by atoms with Crippen molar-refractivity contribution in [3.63, 3.8) is 0 Å². The standard InChI is InChI=1S/C24H24F4N2O3S2/c1-23(31,24(26,27)28)18-7-9-20(10-8-18)30-12-11-29(35(32,33)22-6-3-13-34-22)16-21(30)15-17-4-2-5-19(25)14-17/h2-10,13-14,21,31H,11-12,15-16H2,1H3/t21-,23+/m0/s1. The fourth-order valence-corrected chi connectivity index (χ4v) is 6.79. The highest BCUT2D eigenvalue weighted by molar-refractivity contribution is 7.91. The van der Waals surface area contributed by atoms with Gasteiger partial charge in [-0.05, 0) is 60.2 Å². The molecule has 2 atom stereocenters. The molecule has 0 unspecified atom stereocenters. The van der Waals surface area contributed by atoms with E-state index >= 15 is 0 Å². The zero-order chi connectivity index (χ0) is 25.4. The Labute approximate surface area is 205 Å². The number of halogens is 4. The molecule has 3 aromatic rings. The molecule has 35 heavy (non-hydrogen) atoms. The van der Waals surface area contributed by atoms with Crippen LogP contribution in [0.15, 0.2) is 70.3 Å². The van der Waals surface area contributed by atoms with Crippen LogP contribution in [0.3, 0.4) is 0 Å². The molecular weight excluding hydrogens is 504 g/mol. The lowest BCUT2D eigenvalue weighted by molar-refractivity contribution is -0.258. The third-order valence-corrected chi connectivity index (χ3v) is 9.45. The molecule has 2 aromatic carbocycles. The van der Waals surface area contributed by atoms with Crippen molar-refractivity contribution in [2.45, 2.75) is 35.4 Å². The average Bonchev–Trinajstić information content (AvgIpc) is 3.34. The van der Waals surface area contributed by atoms with Crippen LogP contribution < -0.4 is 4.90 Å². The molecule has 1 N–H and O–H groups in total. The lowest BCUT2D eigenvalue weighted by atomic mass is 9.94. The molecular formula is C24H24F4N2O3S2. The molecule has 11 heteroatoms. The Hall–Kier alpha value is -2.47. The predicted molar refractivity (Wildman–Crippen MR) is 126 cm³/mol. The Kier molecular flexibility index (Phi) is 6.98. The summed E-state index contributed by atoms with van der Waals surface area (Å²) in [5, 5.41) is 11.6. The highest BCUT2D eigenvalue weighted by atomic mass is 32.2. The summed E-state index contributed by atoms with van der Waals surface area (Å²) in [5.74, 6) is -0.411. The molecule has 1 saturated heterocycles. The van der Waals surface area contributed by atoms with Gasteiger partial charge in [0.2, 0.25) is 0 Å². The van der Waals surface area contributed by atoms with Gasteiger partial charge in [-0.3, -0.25) is 0 Å². The van der Waals surface area contributed by atoms with Gasteiger partial charge in [0, 0.05) is 31.4 Å². The van der Waals surface area contributed by atoms with Gasteiger partial charge in [-0.1, -0.05) is 30.3 Å². The first kappa shape index (κ1) is 25.6. The normalized spacial score (nSPS) is 19.5. The van der Waals surface area contributed by atoms with Crippen molar-refractivity contribution in [1.29, 1.82) is 0 Å². The predicted octanol–water partition coefficient (Wildman–Crippen LogP) is 4.78. The molecule has 1 aromatic heterocycles. The van der Waals surface area contributed by atoms with Crippen LogP contribution in [-0.2, 0) is 22.0 Å². The summed E-state index contributed by atoms with van der Waals surface area (Å²) < 4.78 is 81.4. The van der Waals surface area contributed by atoms with E-state index in [4.69, 9.17) is 0 Å². The quantitative estimate of drug-likeness (QED) is 0.468. The van der Waals surface area contributed by atoms with Crippen LogP contribution in [0, 0.1) is 5.82 Å². The van der Waals surface area contributed by atoms with Crippen molar-refractivity contribution in [2.75, 3.05) is 24.5 Å². The minimum atomic E-state index is -4.84. The smallest absolute Gasteiger partial charge is 0.376 e. The molecule has 2 heterocycles. The van der Waals surface area contributed by atoms with Gasteiger partial charge in [0.25, 0.3) is 10.0 Å². The summed E-state index contributed by atoms with van der Waals surface area (Å²) >= 11 is 1.13. The second kappa shape index (κ2) is 9.53. The number of thiophene rings is 1. The van der Waals surface area contributed by atoms with Gasteiger partial charge in [0.1, 0.15) is 10.0 Å². The first-order valence-corrected chi connectivity index (χ1v) is 13.2. The molecule has 1 fully saturated rings. The minimum absolute atomic E-state index is 0.124. The Bertz CT molecular complexity index is 1260. The van der Waals surface area contributed by atoms with Gasteiger partial charge in [-0.2, -0.15) is 17.5 Å².